The van der Waals surface area contributed by atoms with E-state index in [2.05, 4.69) is 32.1 Å². The number of nitrogens with zero attached hydrogens (tertiary/aromatic N) is 4. The Morgan fingerprint density at radius 1 is 1.25 bits per heavy atom. The van der Waals surface area contributed by atoms with Crippen molar-refractivity contribution in [2.75, 3.05) is 57.4 Å². The molecule has 2 aromatic rings. The highest BCUT2D eigenvalue weighted by Gasteiger charge is 2.35. The minimum Gasteiger partial charge on any atom is -0.396 e. The molecule has 4 rings (SSSR count). The normalized spacial score (nSPS) is 25.7. The SMILES string of the molecule is Cc1csc2c(N3C[C@@H](CN4CCOCC4)[C@@H](CO)C3)ncnc12. The molecule has 0 spiro atoms. The van der Waals surface area contributed by atoms with Gasteiger partial charge in [-0.05, 0) is 23.8 Å². The second-order valence-electron chi connectivity index (χ2n) is 6.81. The molecule has 2 aliphatic heterocycles. The van der Waals surface area contributed by atoms with Crippen molar-refractivity contribution in [2.24, 2.45) is 11.8 Å². The van der Waals surface area contributed by atoms with E-state index in [1.807, 2.05) is 0 Å². The van der Waals surface area contributed by atoms with Crippen molar-refractivity contribution in [3.8, 4) is 0 Å². The highest BCUT2D eigenvalue weighted by atomic mass is 32.1. The molecule has 2 saturated heterocycles. The molecule has 6 nitrogen and oxygen atoms in total. The fourth-order valence-corrected chi connectivity index (χ4v) is 4.84. The van der Waals surface area contributed by atoms with E-state index in [-0.39, 0.29) is 6.61 Å². The van der Waals surface area contributed by atoms with Gasteiger partial charge in [-0.1, -0.05) is 0 Å². The number of aliphatic hydroxyl groups excluding tert-OH is 1. The number of thiophene rings is 1. The minimum absolute atomic E-state index is 0.239. The number of morpholine rings is 1. The van der Waals surface area contributed by atoms with Gasteiger partial charge < -0.3 is 14.7 Å². The van der Waals surface area contributed by atoms with Gasteiger partial charge in [0.2, 0.25) is 0 Å². The number of ether oxygens (including phenoxy) is 1. The molecule has 0 unspecified atom stereocenters. The topological polar surface area (TPSA) is 61.7 Å². The van der Waals surface area contributed by atoms with Crippen molar-refractivity contribution in [1.29, 1.82) is 0 Å². The summed E-state index contributed by atoms with van der Waals surface area (Å²) in [6, 6.07) is 0. The Morgan fingerprint density at radius 2 is 2.04 bits per heavy atom. The van der Waals surface area contributed by atoms with Crippen LogP contribution in [0.25, 0.3) is 10.2 Å². The largest absolute Gasteiger partial charge is 0.396 e. The fraction of sp³-hybridized carbons (Fsp3) is 0.647. The molecule has 0 amide bonds. The molecule has 4 heterocycles. The molecule has 130 valence electrons. The summed E-state index contributed by atoms with van der Waals surface area (Å²) in [4.78, 5) is 13.8. The van der Waals surface area contributed by atoms with Crippen LogP contribution in [0.15, 0.2) is 11.7 Å². The Kier molecular flexibility index (Phi) is 4.67. The highest BCUT2D eigenvalue weighted by molar-refractivity contribution is 7.18. The van der Waals surface area contributed by atoms with E-state index < -0.39 is 0 Å². The molecule has 0 aliphatic carbocycles. The molecule has 7 heteroatoms. The molecule has 2 aromatic heterocycles. The van der Waals surface area contributed by atoms with Crippen molar-refractivity contribution >= 4 is 27.4 Å². The van der Waals surface area contributed by atoms with Gasteiger partial charge >= 0.3 is 0 Å². The zero-order valence-corrected chi connectivity index (χ0v) is 14.8. The van der Waals surface area contributed by atoms with Crippen LogP contribution in [-0.2, 0) is 4.74 Å². The first-order valence-electron chi connectivity index (χ1n) is 8.61. The third-order valence-electron chi connectivity index (χ3n) is 5.22. The van der Waals surface area contributed by atoms with Crippen LogP contribution in [-0.4, -0.2) is 72.5 Å². The molecule has 24 heavy (non-hydrogen) atoms. The van der Waals surface area contributed by atoms with Gasteiger partial charge in [0, 0.05) is 45.2 Å². The number of anilines is 1. The smallest absolute Gasteiger partial charge is 0.150 e. The molecule has 2 fully saturated rings. The molecule has 2 aliphatic rings. The number of fused-ring (bicyclic) bond motifs is 1. The van der Waals surface area contributed by atoms with Crippen molar-refractivity contribution in [1.82, 2.24) is 14.9 Å². The molecule has 0 radical (unpaired) electrons. The standard InChI is InChI=1S/C17H24N4O2S/c1-12-10-24-16-15(12)18-11-19-17(16)21-7-13(14(8-21)9-22)6-20-2-4-23-5-3-20/h10-11,13-14,22H,2-9H2,1H3/t13-,14-/m1/s1. The number of aryl methyl sites for hydroxylation is 1. The van der Waals surface area contributed by atoms with E-state index >= 15 is 0 Å². The second-order valence-corrected chi connectivity index (χ2v) is 7.69. The maximum atomic E-state index is 9.85. The van der Waals surface area contributed by atoms with Crippen LogP contribution < -0.4 is 4.90 Å². The van der Waals surface area contributed by atoms with Crippen molar-refractivity contribution in [3.63, 3.8) is 0 Å². The average molecular weight is 348 g/mol. The van der Waals surface area contributed by atoms with E-state index in [4.69, 9.17) is 4.74 Å². The Hall–Kier alpha value is -1.28. The van der Waals surface area contributed by atoms with Gasteiger partial charge in [0.05, 0.1) is 23.4 Å². The van der Waals surface area contributed by atoms with Crippen LogP contribution in [0.3, 0.4) is 0 Å². The zero-order chi connectivity index (χ0) is 16.5. The van der Waals surface area contributed by atoms with Gasteiger partial charge in [0.25, 0.3) is 0 Å². The molecule has 1 N–H and O–H groups in total. The lowest BCUT2D eigenvalue weighted by molar-refractivity contribution is 0.0268. The van der Waals surface area contributed by atoms with E-state index in [9.17, 15) is 5.11 Å². The predicted octanol–water partition coefficient (Wildman–Crippen LogP) is 1.38. The van der Waals surface area contributed by atoms with Crippen LogP contribution in [0.1, 0.15) is 5.56 Å². The predicted molar refractivity (Wildman–Crippen MR) is 95.7 cm³/mol. The van der Waals surface area contributed by atoms with Crippen molar-refractivity contribution in [2.45, 2.75) is 6.92 Å². The number of rotatable bonds is 4. The molecular formula is C17H24N4O2S. The highest BCUT2D eigenvalue weighted by Crippen LogP contribution is 2.35. The molecule has 2 atom stereocenters. The lowest BCUT2D eigenvalue weighted by Crippen LogP contribution is -2.41. The molecule has 0 bridgehead atoms. The van der Waals surface area contributed by atoms with Crippen molar-refractivity contribution in [3.05, 3.63) is 17.3 Å². The van der Waals surface area contributed by atoms with E-state index in [0.29, 0.717) is 11.8 Å². The van der Waals surface area contributed by atoms with Gasteiger partial charge in [-0.3, -0.25) is 4.90 Å². The van der Waals surface area contributed by atoms with Gasteiger partial charge in [-0.15, -0.1) is 11.3 Å². The first-order chi connectivity index (χ1) is 11.8. The van der Waals surface area contributed by atoms with Crippen LogP contribution in [0.5, 0.6) is 0 Å². The van der Waals surface area contributed by atoms with E-state index in [0.717, 1.165) is 57.3 Å². The summed E-state index contributed by atoms with van der Waals surface area (Å²) in [5.41, 5.74) is 2.27. The van der Waals surface area contributed by atoms with Gasteiger partial charge in [-0.25, -0.2) is 9.97 Å². The maximum absolute atomic E-state index is 9.85. The monoisotopic (exact) mass is 348 g/mol. The number of aromatic nitrogens is 2. The van der Waals surface area contributed by atoms with Crippen LogP contribution in [0, 0.1) is 18.8 Å². The van der Waals surface area contributed by atoms with E-state index in [1.54, 1.807) is 17.7 Å². The first kappa shape index (κ1) is 16.2. The van der Waals surface area contributed by atoms with Gasteiger partial charge in [0.1, 0.15) is 12.1 Å². The van der Waals surface area contributed by atoms with Crippen LogP contribution in [0.2, 0.25) is 0 Å². The Morgan fingerprint density at radius 3 is 2.83 bits per heavy atom. The summed E-state index contributed by atoms with van der Waals surface area (Å²) < 4.78 is 6.61. The summed E-state index contributed by atoms with van der Waals surface area (Å²) in [5.74, 6) is 1.80. The summed E-state index contributed by atoms with van der Waals surface area (Å²) in [5, 5.41) is 12.0. The van der Waals surface area contributed by atoms with Crippen LogP contribution in [0.4, 0.5) is 5.82 Å². The average Bonchev–Trinajstić information content (AvgIpc) is 3.20. The summed E-state index contributed by atoms with van der Waals surface area (Å²) >= 11 is 1.72. The summed E-state index contributed by atoms with van der Waals surface area (Å²) in [6.45, 7) is 8.82. The van der Waals surface area contributed by atoms with Crippen LogP contribution >= 0.6 is 11.3 Å². The quantitative estimate of drug-likeness (QED) is 0.901. The minimum atomic E-state index is 0.239. The summed E-state index contributed by atoms with van der Waals surface area (Å²) in [7, 11) is 0. The number of hydrogen-bond acceptors (Lipinski definition) is 7. The first-order valence-corrected chi connectivity index (χ1v) is 9.49. The lowest BCUT2D eigenvalue weighted by Gasteiger charge is -2.30. The third-order valence-corrected chi connectivity index (χ3v) is 6.30. The zero-order valence-electron chi connectivity index (χ0n) is 14.0. The molecule has 0 aromatic carbocycles. The Balaban J connectivity index is 1.54. The van der Waals surface area contributed by atoms with Gasteiger partial charge in [0.15, 0.2) is 0 Å². The van der Waals surface area contributed by atoms with Gasteiger partial charge in [-0.2, -0.15) is 0 Å². The van der Waals surface area contributed by atoms with E-state index in [1.165, 1.54) is 10.3 Å². The fourth-order valence-electron chi connectivity index (χ4n) is 3.82. The number of aliphatic hydroxyl groups is 1. The number of hydrogen-bond donors (Lipinski definition) is 1. The second kappa shape index (κ2) is 6.92. The Labute approximate surface area is 146 Å². The lowest BCUT2D eigenvalue weighted by atomic mass is 9.96. The Bertz CT molecular complexity index is 701. The van der Waals surface area contributed by atoms with Crippen molar-refractivity contribution < 1.29 is 9.84 Å². The molecular weight excluding hydrogens is 324 g/mol. The molecule has 0 saturated carbocycles. The third kappa shape index (κ3) is 3.01. The maximum Gasteiger partial charge on any atom is 0.150 e. The summed E-state index contributed by atoms with van der Waals surface area (Å²) in [6.07, 6.45) is 1.67.